The molecule has 0 atom stereocenters. The fraction of sp³-hybridized carbons (Fsp3) is 0. The lowest BCUT2D eigenvalue weighted by molar-refractivity contribution is 0.0443. The summed E-state index contributed by atoms with van der Waals surface area (Å²) in [5.41, 5.74) is 1.47. The van der Waals surface area contributed by atoms with Crippen LogP contribution in [-0.2, 0) is 9.47 Å². The van der Waals surface area contributed by atoms with Crippen LogP contribution in [0.15, 0.2) is 43.0 Å². The molecule has 24 heavy (non-hydrogen) atoms. The molecule has 2 aliphatic heterocycles. The molecule has 0 aliphatic carbocycles. The zero-order valence-corrected chi connectivity index (χ0v) is 12.1. The van der Waals surface area contributed by atoms with Gasteiger partial charge in [-0.15, -0.1) is 0 Å². The maximum Gasteiger partial charge on any atom is 0.346 e. The molecule has 2 aromatic rings. The monoisotopic (exact) mass is 320 g/mol. The zero-order chi connectivity index (χ0) is 17.0. The molecule has 0 spiro atoms. The maximum atomic E-state index is 12.6. The molecule has 0 saturated carbocycles. The normalized spacial score (nSPS) is 15.0. The Balaban J connectivity index is 1.76. The Morgan fingerprint density at radius 2 is 1.21 bits per heavy atom. The van der Waals surface area contributed by atoms with Gasteiger partial charge in [-0.05, 0) is 24.3 Å². The Kier molecular flexibility index (Phi) is 2.77. The minimum atomic E-state index is -0.779. The molecule has 0 amide bonds. The summed E-state index contributed by atoms with van der Waals surface area (Å²) >= 11 is 0. The summed E-state index contributed by atoms with van der Waals surface area (Å²) in [7, 11) is 0. The number of hydrogen-bond acceptors (Lipinski definition) is 6. The van der Waals surface area contributed by atoms with Crippen LogP contribution in [0.1, 0.15) is 52.6 Å². The van der Waals surface area contributed by atoms with Crippen molar-refractivity contribution in [2.24, 2.45) is 0 Å². The fourth-order valence-corrected chi connectivity index (χ4v) is 2.71. The first kappa shape index (κ1) is 14.1. The molecule has 2 aliphatic rings. The van der Waals surface area contributed by atoms with Crippen molar-refractivity contribution >= 4 is 29.5 Å². The number of ketones is 1. The van der Waals surface area contributed by atoms with Gasteiger partial charge in [0.25, 0.3) is 0 Å². The summed E-state index contributed by atoms with van der Waals surface area (Å²) in [6.07, 6.45) is 0. The smallest absolute Gasteiger partial charge is 0.346 e. The average molecular weight is 320 g/mol. The maximum absolute atomic E-state index is 12.6. The van der Waals surface area contributed by atoms with Gasteiger partial charge in [-0.3, -0.25) is 4.79 Å². The van der Waals surface area contributed by atoms with Crippen molar-refractivity contribution in [2.45, 2.75) is 0 Å². The number of carbonyl (C=O) groups excluding carboxylic acids is 4. The Bertz CT molecular complexity index is 919. The standard InChI is InChI=1S/C18H8O6/c1-8-11-4-2-9(6-13(11)17(21)23-8)15(19)10-3-5-12-14(7-10)18(22)24-16(12)20/h2-7H,1H2. The van der Waals surface area contributed by atoms with Crippen molar-refractivity contribution in [3.8, 4) is 0 Å². The first-order chi connectivity index (χ1) is 11.5. The number of carbonyl (C=O) groups is 4. The lowest BCUT2D eigenvalue weighted by Gasteiger charge is -2.04. The molecule has 0 saturated heterocycles. The van der Waals surface area contributed by atoms with Gasteiger partial charge in [0.2, 0.25) is 0 Å². The Hall–Kier alpha value is -3.54. The molecular weight excluding hydrogens is 312 g/mol. The van der Waals surface area contributed by atoms with Gasteiger partial charge in [0, 0.05) is 16.7 Å². The number of esters is 3. The molecule has 6 heteroatoms. The second-order valence-electron chi connectivity index (χ2n) is 5.34. The Labute approximate surface area is 135 Å². The highest BCUT2D eigenvalue weighted by molar-refractivity contribution is 6.17. The van der Waals surface area contributed by atoms with Crippen LogP contribution in [-0.4, -0.2) is 23.7 Å². The highest BCUT2D eigenvalue weighted by atomic mass is 16.6. The quantitative estimate of drug-likeness (QED) is 0.479. The van der Waals surface area contributed by atoms with Gasteiger partial charge in [0.1, 0.15) is 5.76 Å². The summed E-state index contributed by atoms with van der Waals surface area (Å²) in [6.45, 7) is 3.62. The first-order valence-corrected chi connectivity index (χ1v) is 6.96. The molecular formula is C18H8O6. The number of benzene rings is 2. The van der Waals surface area contributed by atoms with Gasteiger partial charge in [0.05, 0.1) is 16.7 Å². The summed E-state index contributed by atoms with van der Waals surface area (Å²) < 4.78 is 9.41. The van der Waals surface area contributed by atoms with Gasteiger partial charge < -0.3 is 9.47 Å². The number of hydrogen-bond donors (Lipinski definition) is 0. The van der Waals surface area contributed by atoms with Gasteiger partial charge in [-0.25, -0.2) is 14.4 Å². The van der Waals surface area contributed by atoms with Crippen molar-refractivity contribution in [3.63, 3.8) is 0 Å². The number of cyclic esters (lactones) is 3. The largest absolute Gasteiger partial charge is 0.423 e. The molecule has 0 aromatic heterocycles. The first-order valence-electron chi connectivity index (χ1n) is 6.96. The summed E-state index contributed by atoms with van der Waals surface area (Å²) in [5, 5.41) is 0. The number of fused-ring (bicyclic) bond motifs is 2. The van der Waals surface area contributed by atoms with Crippen LogP contribution in [0.5, 0.6) is 0 Å². The molecule has 0 radical (unpaired) electrons. The van der Waals surface area contributed by atoms with E-state index in [4.69, 9.17) is 4.74 Å². The minimum absolute atomic E-state index is 0.0554. The van der Waals surface area contributed by atoms with E-state index in [0.717, 1.165) is 0 Å². The van der Waals surface area contributed by atoms with Crippen LogP contribution in [0, 0.1) is 0 Å². The third kappa shape index (κ3) is 1.90. The molecule has 6 nitrogen and oxygen atoms in total. The van der Waals surface area contributed by atoms with Crippen LogP contribution < -0.4 is 0 Å². The van der Waals surface area contributed by atoms with Gasteiger partial charge in [-0.2, -0.15) is 0 Å². The van der Waals surface area contributed by atoms with E-state index in [9.17, 15) is 19.2 Å². The lowest BCUT2D eigenvalue weighted by atomic mass is 9.96. The SMILES string of the molecule is C=C1OC(=O)c2cc(C(=O)c3ccc4c(c3)C(=O)OC4=O)ccc21. The third-order valence-electron chi connectivity index (χ3n) is 3.92. The molecule has 0 unspecified atom stereocenters. The van der Waals surface area contributed by atoms with E-state index >= 15 is 0 Å². The Morgan fingerprint density at radius 3 is 1.88 bits per heavy atom. The van der Waals surface area contributed by atoms with Crippen LogP contribution >= 0.6 is 0 Å². The molecule has 4 rings (SSSR count). The van der Waals surface area contributed by atoms with Crippen molar-refractivity contribution in [2.75, 3.05) is 0 Å². The minimum Gasteiger partial charge on any atom is -0.423 e. The summed E-state index contributed by atoms with van der Waals surface area (Å²) in [4.78, 5) is 47.4. The van der Waals surface area contributed by atoms with Crippen LogP contribution in [0.4, 0.5) is 0 Å². The second-order valence-corrected chi connectivity index (χ2v) is 5.34. The van der Waals surface area contributed by atoms with Crippen molar-refractivity contribution in [1.29, 1.82) is 0 Å². The highest BCUT2D eigenvalue weighted by Crippen LogP contribution is 2.30. The van der Waals surface area contributed by atoms with Crippen molar-refractivity contribution < 1.29 is 28.7 Å². The predicted octanol–water partition coefficient (Wildman–Crippen LogP) is 2.37. The Morgan fingerprint density at radius 1 is 0.708 bits per heavy atom. The van der Waals surface area contributed by atoms with Gasteiger partial charge >= 0.3 is 17.9 Å². The molecule has 0 bridgehead atoms. The fourth-order valence-electron chi connectivity index (χ4n) is 2.71. The average Bonchev–Trinajstić information content (AvgIpc) is 3.02. The van der Waals surface area contributed by atoms with Gasteiger partial charge in [-0.1, -0.05) is 18.7 Å². The van der Waals surface area contributed by atoms with Crippen LogP contribution in [0.2, 0.25) is 0 Å². The van der Waals surface area contributed by atoms with E-state index in [1.54, 1.807) is 12.1 Å². The van der Waals surface area contributed by atoms with E-state index in [1.165, 1.54) is 24.3 Å². The number of ether oxygens (including phenoxy) is 2. The molecule has 2 aromatic carbocycles. The topological polar surface area (TPSA) is 86.7 Å². The summed E-state index contributed by atoms with van der Waals surface area (Å²) in [6, 6.07) is 8.68. The molecule has 0 N–H and O–H groups in total. The molecule has 2 heterocycles. The van der Waals surface area contributed by atoms with E-state index in [2.05, 4.69) is 11.3 Å². The molecule has 0 fully saturated rings. The van der Waals surface area contributed by atoms with Crippen LogP contribution in [0.3, 0.4) is 0 Å². The van der Waals surface area contributed by atoms with Crippen LogP contribution in [0.25, 0.3) is 5.76 Å². The van der Waals surface area contributed by atoms with E-state index < -0.39 is 23.7 Å². The summed E-state index contributed by atoms with van der Waals surface area (Å²) in [5.74, 6) is -2.22. The van der Waals surface area contributed by atoms with Crippen molar-refractivity contribution in [1.82, 2.24) is 0 Å². The third-order valence-corrected chi connectivity index (χ3v) is 3.92. The highest BCUT2D eigenvalue weighted by Gasteiger charge is 2.31. The van der Waals surface area contributed by atoms with E-state index in [-0.39, 0.29) is 33.6 Å². The van der Waals surface area contributed by atoms with Crippen molar-refractivity contribution in [3.05, 3.63) is 76.4 Å². The lowest BCUT2D eigenvalue weighted by Crippen LogP contribution is -2.05. The van der Waals surface area contributed by atoms with Gasteiger partial charge in [0.15, 0.2) is 5.78 Å². The number of rotatable bonds is 2. The molecule has 116 valence electrons. The van der Waals surface area contributed by atoms with E-state index in [1.807, 2.05) is 0 Å². The zero-order valence-electron chi connectivity index (χ0n) is 12.1. The second kappa shape index (κ2) is 4.73. The van der Waals surface area contributed by atoms with E-state index in [0.29, 0.717) is 5.56 Å². The predicted molar refractivity (Wildman–Crippen MR) is 80.5 cm³/mol.